The summed E-state index contributed by atoms with van der Waals surface area (Å²) >= 11 is 0. The Bertz CT molecular complexity index is 1060. The van der Waals surface area contributed by atoms with E-state index >= 15 is 0 Å². The minimum atomic E-state index is -0.401. The number of Topliss-reactive ketones (excluding diaryl/α,β-unsaturated/α-hetero) is 1. The smallest absolute Gasteiger partial charge is 0.307 e. The van der Waals surface area contributed by atoms with E-state index in [4.69, 9.17) is 4.74 Å². The fourth-order valence-corrected chi connectivity index (χ4v) is 6.19. The van der Waals surface area contributed by atoms with Gasteiger partial charge in [-0.15, -0.1) is 5.92 Å². The maximum Gasteiger partial charge on any atom is 0.307 e. The van der Waals surface area contributed by atoms with E-state index in [1.54, 1.807) is 13.8 Å². The van der Waals surface area contributed by atoms with Crippen molar-refractivity contribution >= 4 is 23.2 Å². The molecule has 0 aromatic heterocycles. The largest absolute Gasteiger partial charge is 0.430 e. The Morgan fingerprint density at radius 1 is 1.03 bits per heavy atom. The summed E-state index contributed by atoms with van der Waals surface area (Å²) in [5.41, 5.74) is 4.22. The molecule has 0 unspecified atom stereocenters. The number of ketones is 1. The second kappa shape index (κ2) is 7.37. The summed E-state index contributed by atoms with van der Waals surface area (Å²) < 4.78 is 5.65. The summed E-state index contributed by atoms with van der Waals surface area (Å²) in [6.45, 7) is 10.3. The lowest BCUT2D eigenvalue weighted by molar-refractivity contribution is -0.173. The molecule has 1 saturated heterocycles. The van der Waals surface area contributed by atoms with Gasteiger partial charge >= 0.3 is 5.97 Å². The minimum absolute atomic E-state index is 0.0422. The van der Waals surface area contributed by atoms with E-state index in [0.29, 0.717) is 24.2 Å². The van der Waals surface area contributed by atoms with E-state index in [9.17, 15) is 14.4 Å². The van der Waals surface area contributed by atoms with E-state index in [0.717, 1.165) is 48.2 Å². The second-order valence-electron chi connectivity index (χ2n) is 9.76. The van der Waals surface area contributed by atoms with E-state index in [1.165, 1.54) is 6.92 Å². The monoisotopic (exact) mass is 419 g/mol. The zero-order valence-corrected chi connectivity index (χ0v) is 19.0. The normalized spacial score (nSPS) is 20.7. The van der Waals surface area contributed by atoms with Gasteiger partial charge in [0.1, 0.15) is 5.76 Å². The first kappa shape index (κ1) is 21.4. The van der Waals surface area contributed by atoms with Crippen LogP contribution in [0.4, 0.5) is 0 Å². The van der Waals surface area contributed by atoms with Crippen LogP contribution in [-0.2, 0) is 19.1 Å². The van der Waals surface area contributed by atoms with Crippen LogP contribution in [0.15, 0.2) is 17.9 Å². The van der Waals surface area contributed by atoms with Crippen molar-refractivity contribution in [1.82, 2.24) is 4.90 Å². The molecule has 0 N–H and O–H groups in total. The zero-order chi connectivity index (χ0) is 22.6. The SMILES string of the molecule is CC#Cc1cc(C)c(C2=C(OC(C)=O)CC3(CC2=O)CC2(CN(C(C)=O)C2)C3)c(C)c1. The standard InChI is InChI=1S/C26H29NO4/c1-6-7-20-8-16(2)23(17(3)9-20)24-21(30)10-25(11-22(24)31-19(5)29)12-26(13-25)14-27(15-26)18(4)28/h8-9H,10-15H2,1-5H3. The Morgan fingerprint density at radius 2 is 1.65 bits per heavy atom. The number of aryl methyl sites for hydroxylation is 2. The topological polar surface area (TPSA) is 63.7 Å². The molecule has 4 rings (SSSR count). The molecule has 5 heteroatoms. The maximum absolute atomic E-state index is 13.5. The number of carbonyl (C=O) groups excluding carboxylic acids is 3. The first-order valence-corrected chi connectivity index (χ1v) is 10.8. The van der Waals surface area contributed by atoms with Crippen LogP contribution < -0.4 is 0 Å². The first-order valence-electron chi connectivity index (χ1n) is 10.8. The van der Waals surface area contributed by atoms with Crippen LogP contribution in [0.2, 0.25) is 0 Å². The van der Waals surface area contributed by atoms with Crippen LogP contribution >= 0.6 is 0 Å². The lowest BCUT2D eigenvalue weighted by Gasteiger charge is -2.65. The molecule has 1 amide bonds. The van der Waals surface area contributed by atoms with Crippen LogP contribution in [0, 0.1) is 36.5 Å². The van der Waals surface area contributed by atoms with Gasteiger partial charge in [-0.25, -0.2) is 0 Å². The highest BCUT2D eigenvalue weighted by molar-refractivity contribution is 6.23. The molecule has 31 heavy (non-hydrogen) atoms. The van der Waals surface area contributed by atoms with E-state index in [2.05, 4.69) is 11.8 Å². The summed E-state index contributed by atoms with van der Waals surface area (Å²) in [6.07, 6.45) is 2.85. The van der Waals surface area contributed by atoms with E-state index < -0.39 is 5.97 Å². The van der Waals surface area contributed by atoms with Crippen molar-refractivity contribution in [2.45, 2.75) is 60.3 Å². The van der Waals surface area contributed by atoms with E-state index in [1.807, 2.05) is 30.9 Å². The van der Waals surface area contributed by atoms with Gasteiger partial charge in [0.15, 0.2) is 5.78 Å². The van der Waals surface area contributed by atoms with Gasteiger partial charge < -0.3 is 9.64 Å². The number of allylic oxidation sites excluding steroid dienone is 2. The predicted molar refractivity (Wildman–Crippen MR) is 118 cm³/mol. The molecule has 2 spiro atoms. The molecule has 5 nitrogen and oxygen atoms in total. The van der Waals surface area contributed by atoms with Gasteiger partial charge in [0.05, 0.1) is 5.57 Å². The van der Waals surface area contributed by atoms with Crippen LogP contribution in [-0.4, -0.2) is 35.6 Å². The number of carbonyl (C=O) groups is 3. The predicted octanol–water partition coefficient (Wildman–Crippen LogP) is 3.94. The van der Waals surface area contributed by atoms with E-state index in [-0.39, 0.29) is 22.5 Å². The molecule has 162 valence electrons. The van der Waals surface area contributed by atoms with Crippen molar-refractivity contribution in [3.63, 3.8) is 0 Å². The third-order valence-electron chi connectivity index (χ3n) is 6.95. The number of ether oxygens (including phenoxy) is 1. The van der Waals surface area contributed by atoms with Crippen LogP contribution in [0.3, 0.4) is 0 Å². The Labute approximate surface area is 183 Å². The number of hydrogen-bond acceptors (Lipinski definition) is 4. The zero-order valence-electron chi connectivity index (χ0n) is 19.0. The van der Waals surface area contributed by atoms with Gasteiger partial charge in [-0.05, 0) is 67.9 Å². The summed E-state index contributed by atoms with van der Waals surface area (Å²) in [5, 5.41) is 0. The summed E-state index contributed by atoms with van der Waals surface area (Å²) in [5.74, 6) is 6.24. The quantitative estimate of drug-likeness (QED) is 0.538. The molecule has 1 aromatic carbocycles. The van der Waals surface area contributed by atoms with Crippen molar-refractivity contribution in [1.29, 1.82) is 0 Å². The highest BCUT2D eigenvalue weighted by Gasteiger charge is 2.62. The number of esters is 1. The highest BCUT2D eigenvalue weighted by Crippen LogP contribution is 2.65. The van der Waals surface area contributed by atoms with Gasteiger partial charge in [-0.1, -0.05) is 5.92 Å². The molecule has 0 bridgehead atoms. The molecule has 1 aliphatic heterocycles. The average Bonchev–Trinajstić information content (AvgIpc) is 2.58. The van der Waals surface area contributed by atoms with Crippen LogP contribution in [0.5, 0.6) is 0 Å². The van der Waals surface area contributed by atoms with Gasteiger partial charge in [0.2, 0.25) is 5.91 Å². The molecule has 2 aliphatic carbocycles. The summed E-state index contributed by atoms with van der Waals surface area (Å²) in [6, 6.07) is 3.97. The van der Waals surface area contributed by atoms with Crippen molar-refractivity contribution < 1.29 is 19.1 Å². The first-order chi connectivity index (χ1) is 14.6. The third-order valence-corrected chi connectivity index (χ3v) is 6.95. The van der Waals surface area contributed by atoms with Gasteiger partial charge in [0, 0.05) is 50.8 Å². The molecule has 0 atom stereocenters. The van der Waals surface area contributed by atoms with Crippen molar-refractivity contribution in [2.75, 3.05) is 13.1 Å². The minimum Gasteiger partial charge on any atom is -0.430 e. The molecule has 0 radical (unpaired) electrons. The number of likely N-dealkylation sites (tertiary alicyclic amines) is 1. The number of amides is 1. The molecule has 1 aromatic rings. The number of benzene rings is 1. The molecular formula is C26H29NO4. The number of hydrogen-bond donors (Lipinski definition) is 0. The molecular weight excluding hydrogens is 390 g/mol. The molecule has 3 aliphatic rings. The average molecular weight is 420 g/mol. The van der Waals surface area contributed by atoms with Crippen molar-refractivity contribution in [3.05, 3.63) is 40.1 Å². The van der Waals surface area contributed by atoms with Crippen LogP contribution in [0.1, 0.15) is 68.7 Å². The maximum atomic E-state index is 13.5. The molecule has 1 saturated carbocycles. The summed E-state index contributed by atoms with van der Waals surface area (Å²) in [4.78, 5) is 38.8. The van der Waals surface area contributed by atoms with Crippen molar-refractivity contribution in [2.24, 2.45) is 10.8 Å². The molecule has 2 fully saturated rings. The third kappa shape index (κ3) is 3.69. The second-order valence-corrected chi connectivity index (χ2v) is 9.76. The van der Waals surface area contributed by atoms with Gasteiger partial charge in [0.25, 0.3) is 0 Å². The Morgan fingerprint density at radius 3 is 2.16 bits per heavy atom. The van der Waals surface area contributed by atoms with Gasteiger partial charge in [-0.3, -0.25) is 14.4 Å². The lowest BCUT2D eigenvalue weighted by atomic mass is 9.46. The van der Waals surface area contributed by atoms with Crippen LogP contribution in [0.25, 0.3) is 5.57 Å². The Kier molecular flexibility index (Phi) is 5.08. The number of nitrogens with zero attached hydrogens (tertiary/aromatic N) is 1. The fraction of sp³-hybridized carbons (Fsp3) is 0.500. The van der Waals surface area contributed by atoms with Gasteiger partial charge in [-0.2, -0.15) is 0 Å². The Hall–Kier alpha value is -2.87. The lowest BCUT2D eigenvalue weighted by Crippen LogP contribution is -2.67. The Balaban J connectivity index is 1.68. The number of rotatable bonds is 2. The molecule has 1 heterocycles. The van der Waals surface area contributed by atoms with Crippen molar-refractivity contribution in [3.8, 4) is 11.8 Å². The highest BCUT2D eigenvalue weighted by atomic mass is 16.5. The summed E-state index contributed by atoms with van der Waals surface area (Å²) in [7, 11) is 0. The fourth-order valence-electron chi connectivity index (χ4n) is 6.19.